The van der Waals surface area contributed by atoms with Crippen molar-refractivity contribution < 1.29 is 14.3 Å². The predicted molar refractivity (Wildman–Crippen MR) is 103 cm³/mol. The molecule has 0 aromatic heterocycles. The number of carbonyl (C=O) groups excluding carboxylic acids is 1. The lowest BCUT2D eigenvalue weighted by Crippen LogP contribution is -2.30. The number of anilines is 1. The molecular formula is C20H22BrNO3. The average molecular weight is 404 g/mol. The molecule has 0 saturated carbocycles. The highest BCUT2D eigenvalue weighted by Crippen LogP contribution is 2.35. The summed E-state index contributed by atoms with van der Waals surface area (Å²) >= 11 is 3.56. The first-order valence-corrected chi connectivity index (χ1v) is 9.39. The number of halogens is 1. The fraction of sp³-hybridized carbons (Fsp3) is 0.350. The molecule has 0 radical (unpaired) electrons. The average Bonchev–Trinajstić information content (AvgIpc) is 3.03. The summed E-state index contributed by atoms with van der Waals surface area (Å²) in [6, 6.07) is 11.9. The number of fused-ring (bicyclic) bond motifs is 1. The number of hydrogen-bond acceptors (Lipinski definition) is 3. The summed E-state index contributed by atoms with van der Waals surface area (Å²) in [5, 5.41) is 0. The number of amides is 1. The number of hydrogen-bond donors (Lipinski definition) is 0. The van der Waals surface area contributed by atoms with Crippen LogP contribution in [0.5, 0.6) is 11.5 Å². The van der Waals surface area contributed by atoms with Gasteiger partial charge in [0.2, 0.25) is 5.91 Å². The van der Waals surface area contributed by atoms with Gasteiger partial charge in [-0.25, -0.2) is 0 Å². The van der Waals surface area contributed by atoms with Crippen LogP contribution in [-0.4, -0.2) is 25.7 Å². The lowest BCUT2D eigenvalue weighted by atomic mass is 10.1. The number of para-hydroxylation sites is 1. The fourth-order valence-electron chi connectivity index (χ4n) is 3.10. The van der Waals surface area contributed by atoms with E-state index in [2.05, 4.69) is 22.0 Å². The molecule has 0 unspecified atom stereocenters. The second-order valence-corrected chi connectivity index (χ2v) is 6.71. The maximum atomic E-state index is 12.8. The summed E-state index contributed by atoms with van der Waals surface area (Å²) in [5.74, 6) is 1.47. The zero-order valence-corrected chi connectivity index (χ0v) is 16.1. The molecule has 0 saturated heterocycles. The lowest BCUT2D eigenvalue weighted by molar-refractivity contribution is -0.117. The molecule has 3 rings (SSSR count). The van der Waals surface area contributed by atoms with Gasteiger partial charge in [-0.15, -0.1) is 0 Å². The van der Waals surface area contributed by atoms with Crippen LogP contribution in [0.3, 0.4) is 0 Å². The van der Waals surface area contributed by atoms with Gasteiger partial charge in [-0.2, -0.15) is 0 Å². The fourth-order valence-corrected chi connectivity index (χ4v) is 3.57. The van der Waals surface area contributed by atoms with Gasteiger partial charge in [0.25, 0.3) is 0 Å². The summed E-state index contributed by atoms with van der Waals surface area (Å²) in [7, 11) is 0. The van der Waals surface area contributed by atoms with Crippen LogP contribution in [-0.2, 0) is 17.6 Å². The van der Waals surface area contributed by atoms with Crippen LogP contribution >= 0.6 is 15.9 Å². The molecular weight excluding hydrogens is 382 g/mol. The summed E-state index contributed by atoms with van der Waals surface area (Å²) in [5.41, 5.74) is 3.16. The third kappa shape index (κ3) is 3.82. The molecule has 2 aromatic carbocycles. The van der Waals surface area contributed by atoms with Crippen molar-refractivity contribution in [3.8, 4) is 11.5 Å². The topological polar surface area (TPSA) is 38.8 Å². The third-order valence-corrected chi connectivity index (χ3v) is 4.98. The maximum Gasteiger partial charge on any atom is 0.231 e. The van der Waals surface area contributed by atoms with Gasteiger partial charge >= 0.3 is 0 Å². The van der Waals surface area contributed by atoms with Gasteiger partial charge < -0.3 is 14.4 Å². The van der Waals surface area contributed by atoms with Gasteiger partial charge in [-0.3, -0.25) is 4.79 Å². The zero-order valence-electron chi connectivity index (χ0n) is 14.5. The van der Waals surface area contributed by atoms with E-state index in [9.17, 15) is 4.79 Å². The Kier molecular flexibility index (Phi) is 5.63. The maximum absolute atomic E-state index is 12.8. The van der Waals surface area contributed by atoms with Gasteiger partial charge in [0, 0.05) is 16.7 Å². The van der Waals surface area contributed by atoms with Crippen molar-refractivity contribution in [3.05, 3.63) is 52.0 Å². The van der Waals surface area contributed by atoms with Gasteiger partial charge in [0.1, 0.15) is 0 Å². The highest BCUT2D eigenvalue weighted by molar-refractivity contribution is 9.10. The van der Waals surface area contributed by atoms with Crippen LogP contribution in [0.4, 0.5) is 5.69 Å². The quantitative estimate of drug-likeness (QED) is 0.718. The van der Waals surface area contributed by atoms with Crippen molar-refractivity contribution in [3.63, 3.8) is 0 Å². The molecule has 0 aliphatic carbocycles. The van der Waals surface area contributed by atoms with Crippen molar-refractivity contribution in [2.75, 3.05) is 24.7 Å². The standard InChI is InChI=1S/C20H22BrNO3/c1-3-24-18-11-15(16(21)13-19(18)25-4-2)12-20(23)22-10-9-14-7-5-6-8-17(14)22/h5-8,11,13H,3-4,9-10,12H2,1-2H3. The number of benzene rings is 2. The largest absolute Gasteiger partial charge is 0.490 e. The highest BCUT2D eigenvalue weighted by atomic mass is 79.9. The van der Waals surface area contributed by atoms with E-state index in [1.54, 1.807) is 0 Å². The van der Waals surface area contributed by atoms with Gasteiger partial charge in [-0.1, -0.05) is 34.1 Å². The molecule has 0 N–H and O–H groups in total. The molecule has 1 aliphatic heterocycles. The number of carbonyl (C=O) groups is 1. The lowest BCUT2D eigenvalue weighted by Gasteiger charge is -2.19. The van der Waals surface area contributed by atoms with Crippen molar-refractivity contribution in [2.45, 2.75) is 26.7 Å². The van der Waals surface area contributed by atoms with Crippen molar-refractivity contribution in [2.24, 2.45) is 0 Å². The molecule has 132 valence electrons. The molecule has 5 heteroatoms. The Morgan fingerprint density at radius 1 is 1.12 bits per heavy atom. The molecule has 0 atom stereocenters. The van der Waals surface area contributed by atoms with E-state index >= 15 is 0 Å². The molecule has 1 amide bonds. The van der Waals surface area contributed by atoms with E-state index < -0.39 is 0 Å². The molecule has 1 aliphatic rings. The van der Waals surface area contributed by atoms with Crippen LogP contribution in [0.1, 0.15) is 25.0 Å². The third-order valence-electron chi connectivity index (χ3n) is 4.24. The van der Waals surface area contributed by atoms with Crippen LogP contribution in [0.25, 0.3) is 0 Å². The summed E-state index contributed by atoms with van der Waals surface area (Å²) in [4.78, 5) is 14.7. The summed E-state index contributed by atoms with van der Waals surface area (Å²) < 4.78 is 12.2. The van der Waals surface area contributed by atoms with Crippen LogP contribution in [0.2, 0.25) is 0 Å². The Morgan fingerprint density at radius 3 is 2.52 bits per heavy atom. The number of rotatable bonds is 6. The van der Waals surface area contributed by atoms with Gasteiger partial charge in [0.15, 0.2) is 11.5 Å². The number of ether oxygens (including phenoxy) is 2. The minimum absolute atomic E-state index is 0.0947. The van der Waals surface area contributed by atoms with Crippen molar-refractivity contribution in [1.29, 1.82) is 0 Å². The van der Waals surface area contributed by atoms with Crippen LogP contribution in [0.15, 0.2) is 40.9 Å². The second kappa shape index (κ2) is 7.91. The second-order valence-electron chi connectivity index (χ2n) is 5.86. The van der Waals surface area contributed by atoms with Crippen molar-refractivity contribution in [1.82, 2.24) is 0 Å². The Bertz CT molecular complexity index is 776. The predicted octanol–water partition coefficient (Wildman–Crippen LogP) is 4.38. The minimum Gasteiger partial charge on any atom is -0.490 e. The van der Waals surface area contributed by atoms with Gasteiger partial charge in [-0.05, 0) is 49.6 Å². The first-order valence-electron chi connectivity index (χ1n) is 8.60. The molecule has 25 heavy (non-hydrogen) atoms. The zero-order chi connectivity index (χ0) is 17.8. The van der Waals surface area contributed by atoms with Crippen LogP contribution < -0.4 is 14.4 Å². The molecule has 2 aromatic rings. The van der Waals surface area contributed by atoms with Crippen molar-refractivity contribution >= 4 is 27.5 Å². The first kappa shape index (κ1) is 17.8. The monoisotopic (exact) mass is 403 g/mol. The first-order chi connectivity index (χ1) is 12.1. The van der Waals surface area contributed by atoms with E-state index in [4.69, 9.17) is 9.47 Å². The molecule has 4 nitrogen and oxygen atoms in total. The molecule has 1 heterocycles. The minimum atomic E-state index is 0.0947. The Balaban J connectivity index is 1.83. The molecule has 0 spiro atoms. The smallest absolute Gasteiger partial charge is 0.231 e. The number of nitrogens with zero attached hydrogens (tertiary/aromatic N) is 1. The highest BCUT2D eigenvalue weighted by Gasteiger charge is 2.25. The Labute approximate surface area is 156 Å². The normalized spacial score (nSPS) is 12.8. The van der Waals surface area contributed by atoms with E-state index in [1.807, 2.05) is 49.1 Å². The Morgan fingerprint density at radius 2 is 1.80 bits per heavy atom. The van der Waals surface area contributed by atoms with E-state index in [1.165, 1.54) is 5.56 Å². The van der Waals surface area contributed by atoms with E-state index in [-0.39, 0.29) is 5.91 Å². The summed E-state index contributed by atoms with van der Waals surface area (Å²) in [6.07, 6.45) is 1.23. The van der Waals surface area contributed by atoms with E-state index in [0.29, 0.717) is 31.1 Å². The van der Waals surface area contributed by atoms with Crippen LogP contribution in [0, 0.1) is 0 Å². The SMILES string of the molecule is CCOc1cc(Br)c(CC(=O)N2CCc3ccccc32)cc1OCC. The Hall–Kier alpha value is -2.01. The van der Waals surface area contributed by atoms with Gasteiger partial charge in [0.05, 0.1) is 19.6 Å². The molecule has 0 bridgehead atoms. The molecule has 0 fully saturated rings. The van der Waals surface area contributed by atoms with E-state index in [0.717, 1.165) is 28.7 Å². The summed E-state index contributed by atoms with van der Waals surface area (Å²) in [6.45, 7) is 5.73.